The number of ether oxygens (including phenoxy) is 2. The summed E-state index contributed by atoms with van der Waals surface area (Å²) in [6, 6.07) is 4.11. The van der Waals surface area contributed by atoms with Crippen LogP contribution < -0.4 is 14.8 Å². The average Bonchev–Trinajstić information content (AvgIpc) is 2.42. The van der Waals surface area contributed by atoms with Crippen LogP contribution in [0, 0.1) is 5.92 Å². The summed E-state index contributed by atoms with van der Waals surface area (Å²) in [5.74, 6) is 2.28. The Hall–Kier alpha value is -0.740. The largest absolute Gasteiger partial charge is 0.493 e. The SMILES string of the molecule is COc1ccc(CC2CCCNC2)c(Br)c1OC. The van der Waals surface area contributed by atoms with Gasteiger partial charge >= 0.3 is 0 Å². The van der Waals surface area contributed by atoms with Crippen molar-refractivity contribution >= 4 is 15.9 Å². The second-order valence-electron chi connectivity index (χ2n) is 4.69. The first-order valence-corrected chi connectivity index (χ1v) is 7.15. The number of benzene rings is 1. The van der Waals surface area contributed by atoms with Crippen LogP contribution >= 0.6 is 15.9 Å². The molecule has 0 saturated carbocycles. The molecular weight excluding hydrogens is 294 g/mol. The van der Waals surface area contributed by atoms with Crippen molar-refractivity contribution in [2.75, 3.05) is 27.3 Å². The highest BCUT2D eigenvalue weighted by Gasteiger charge is 2.18. The molecule has 1 unspecified atom stereocenters. The van der Waals surface area contributed by atoms with Gasteiger partial charge in [-0.15, -0.1) is 0 Å². The van der Waals surface area contributed by atoms with E-state index in [4.69, 9.17) is 9.47 Å². The molecule has 0 bridgehead atoms. The molecule has 1 aliphatic heterocycles. The highest BCUT2D eigenvalue weighted by Crippen LogP contribution is 2.38. The van der Waals surface area contributed by atoms with Crippen molar-refractivity contribution in [2.24, 2.45) is 5.92 Å². The summed E-state index contributed by atoms with van der Waals surface area (Å²) in [6.45, 7) is 2.27. The number of hydrogen-bond donors (Lipinski definition) is 1. The van der Waals surface area contributed by atoms with Gasteiger partial charge in [0.15, 0.2) is 11.5 Å². The van der Waals surface area contributed by atoms with Gasteiger partial charge < -0.3 is 14.8 Å². The first kappa shape index (κ1) is 13.7. The van der Waals surface area contributed by atoms with Gasteiger partial charge in [0.2, 0.25) is 0 Å². The lowest BCUT2D eigenvalue weighted by Gasteiger charge is -2.23. The Morgan fingerprint density at radius 2 is 2.17 bits per heavy atom. The lowest BCUT2D eigenvalue weighted by Crippen LogP contribution is -2.30. The molecule has 2 rings (SSSR count). The van der Waals surface area contributed by atoms with Crippen LogP contribution in [0.3, 0.4) is 0 Å². The zero-order chi connectivity index (χ0) is 13.0. The minimum absolute atomic E-state index is 0.716. The normalized spacial score (nSPS) is 19.6. The van der Waals surface area contributed by atoms with Crippen molar-refractivity contribution in [1.82, 2.24) is 5.32 Å². The van der Waals surface area contributed by atoms with E-state index in [0.717, 1.165) is 35.5 Å². The fraction of sp³-hybridized carbons (Fsp3) is 0.571. The van der Waals surface area contributed by atoms with Gasteiger partial charge in [0.05, 0.1) is 18.7 Å². The smallest absolute Gasteiger partial charge is 0.175 e. The van der Waals surface area contributed by atoms with Gasteiger partial charge in [-0.2, -0.15) is 0 Å². The van der Waals surface area contributed by atoms with E-state index in [-0.39, 0.29) is 0 Å². The highest BCUT2D eigenvalue weighted by atomic mass is 79.9. The maximum Gasteiger partial charge on any atom is 0.175 e. The zero-order valence-corrected chi connectivity index (χ0v) is 12.5. The van der Waals surface area contributed by atoms with Gasteiger partial charge in [0, 0.05) is 0 Å². The maximum atomic E-state index is 5.41. The Kier molecular flexibility index (Phi) is 4.89. The topological polar surface area (TPSA) is 30.5 Å². The van der Waals surface area contributed by atoms with Crippen LogP contribution in [-0.4, -0.2) is 27.3 Å². The molecule has 1 fully saturated rings. The Labute approximate surface area is 117 Å². The van der Waals surface area contributed by atoms with Crippen LogP contribution in [0.1, 0.15) is 18.4 Å². The Bertz CT molecular complexity index is 403. The number of nitrogens with one attached hydrogen (secondary N) is 1. The van der Waals surface area contributed by atoms with E-state index >= 15 is 0 Å². The fourth-order valence-electron chi connectivity index (χ4n) is 2.50. The van der Waals surface area contributed by atoms with Gasteiger partial charge in [-0.1, -0.05) is 6.07 Å². The van der Waals surface area contributed by atoms with Crippen molar-refractivity contribution < 1.29 is 9.47 Å². The molecule has 4 heteroatoms. The predicted octanol–water partition coefficient (Wildman–Crippen LogP) is 3.01. The van der Waals surface area contributed by atoms with E-state index in [9.17, 15) is 0 Å². The summed E-state index contributed by atoms with van der Waals surface area (Å²) in [5.41, 5.74) is 1.29. The van der Waals surface area contributed by atoms with E-state index in [1.54, 1.807) is 14.2 Å². The number of halogens is 1. The lowest BCUT2D eigenvalue weighted by molar-refractivity contribution is 0.350. The van der Waals surface area contributed by atoms with Crippen LogP contribution in [0.2, 0.25) is 0 Å². The summed E-state index contributed by atoms with van der Waals surface area (Å²) < 4.78 is 11.7. The molecule has 0 aromatic heterocycles. The number of hydrogen-bond acceptors (Lipinski definition) is 3. The van der Waals surface area contributed by atoms with E-state index in [1.807, 2.05) is 6.07 Å². The number of rotatable bonds is 4. The minimum Gasteiger partial charge on any atom is -0.493 e. The van der Waals surface area contributed by atoms with Crippen LogP contribution in [-0.2, 0) is 6.42 Å². The molecule has 100 valence electrons. The molecule has 18 heavy (non-hydrogen) atoms. The first-order chi connectivity index (χ1) is 8.76. The first-order valence-electron chi connectivity index (χ1n) is 6.36. The van der Waals surface area contributed by atoms with E-state index in [1.165, 1.54) is 18.4 Å². The summed E-state index contributed by atoms with van der Waals surface area (Å²) in [5, 5.41) is 3.45. The highest BCUT2D eigenvalue weighted by molar-refractivity contribution is 9.10. The molecule has 0 amide bonds. The molecule has 0 aliphatic carbocycles. The van der Waals surface area contributed by atoms with Crippen molar-refractivity contribution in [1.29, 1.82) is 0 Å². The van der Waals surface area contributed by atoms with Crippen LogP contribution in [0.4, 0.5) is 0 Å². The Balaban J connectivity index is 2.17. The third kappa shape index (κ3) is 2.98. The summed E-state index contributed by atoms with van der Waals surface area (Å²) in [6.07, 6.45) is 3.65. The molecule has 3 nitrogen and oxygen atoms in total. The summed E-state index contributed by atoms with van der Waals surface area (Å²) >= 11 is 3.63. The third-order valence-corrected chi connectivity index (χ3v) is 4.34. The predicted molar refractivity (Wildman–Crippen MR) is 76.5 cm³/mol. The second kappa shape index (κ2) is 6.43. The third-order valence-electron chi connectivity index (χ3n) is 3.47. The summed E-state index contributed by atoms with van der Waals surface area (Å²) in [7, 11) is 3.34. The van der Waals surface area contributed by atoms with Crippen molar-refractivity contribution in [3.8, 4) is 11.5 Å². The van der Waals surface area contributed by atoms with Gasteiger partial charge in [0.1, 0.15) is 0 Å². The molecule has 0 radical (unpaired) electrons. The molecule has 1 heterocycles. The van der Waals surface area contributed by atoms with E-state index in [0.29, 0.717) is 5.92 Å². The number of piperidine rings is 1. The molecular formula is C14H20BrNO2. The van der Waals surface area contributed by atoms with Crippen molar-refractivity contribution in [3.63, 3.8) is 0 Å². The minimum atomic E-state index is 0.716. The van der Waals surface area contributed by atoms with Gasteiger partial charge in [-0.3, -0.25) is 0 Å². The number of methoxy groups -OCH3 is 2. The maximum absolute atomic E-state index is 5.41. The lowest BCUT2D eigenvalue weighted by atomic mass is 9.92. The molecule has 0 spiro atoms. The van der Waals surface area contributed by atoms with Crippen LogP contribution in [0.15, 0.2) is 16.6 Å². The molecule has 1 saturated heterocycles. The Morgan fingerprint density at radius 3 is 2.78 bits per heavy atom. The van der Waals surface area contributed by atoms with Gasteiger partial charge in [0.25, 0.3) is 0 Å². The Morgan fingerprint density at radius 1 is 1.33 bits per heavy atom. The summed E-state index contributed by atoms with van der Waals surface area (Å²) in [4.78, 5) is 0. The van der Waals surface area contributed by atoms with Gasteiger partial charge in [-0.25, -0.2) is 0 Å². The average molecular weight is 314 g/mol. The zero-order valence-electron chi connectivity index (χ0n) is 11.0. The molecule has 1 aliphatic rings. The second-order valence-corrected chi connectivity index (χ2v) is 5.48. The van der Waals surface area contributed by atoms with E-state index in [2.05, 4.69) is 27.3 Å². The fourth-order valence-corrected chi connectivity index (χ4v) is 3.15. The molecule has 1 N–H and O–H groups in total. The van der Waals surface area contributed by atoms with Crippen molar-refractivity contribution in [2.45, 2.75) is 19.3 Å². The van der Waals surface area contributed by atoms with Crippen LogP contribution in [0.5, 0.6) is 11.5 Å². The van der Waals surface area contributed by atoms with Gasteiger partial charge in [-0.05, 0) is 65.8 Å². The monoisotopic (exact) mass is 313 g/mol. The molecule has 1 aromatic rings. The van der Waals surface area contributed by atoms with E-state index < -0.39 is 0 Å². The van der Waals surface area contributed by atoms with Crippen LogP contribution in [0.25, 0.3) is 0 Å². The molecule has 1 aromatic carbocycles. The standard InChI is InChI=1S/C14H20BrNO2/c1-17-12-6-5-11(13(15)14(12)18-2)8-10-4-3-7-16-9-10/h5-6,10,16H,3-4,7-9H2,1-2H3. The molecule has 1 atom stereocenters. The quantitative estimate of drug-likeness (QED) is 0.927. The van der Waals surface area contributed by atoms with Crippen molar-refractivity contribution in [3.05, 3.63) is 22.2 Å².